The number of hydrogen-bond acceptors (Lipinski definition) is 9. The zero-order valence-corrected chi connectivity index (χ0v) is 25.9. The first-order chi connectivity index (χ1) is 21.0. The van der Waals surface area contributed by atoms with Gasteiger partial charge in [-0.05, 0) is 75.7 Å². The standard InChI is InChI=1S/C32H37N5O7/c1-8-44-31(40)20-12-11-13-22(16-20)37(27(38)19-36-24-15-10-9-14-23(24)34-35-36)28(30(39)33-32(2,3)4)21-17-25(41-5)29(43-7)26(18-21)42-6/h9-18,28H,8,19H2,1-7H3,(H,33,39). The summed E-state index contributed by atoms with van der Waals surface area (Å²) >= 11 is 0. The topological polar surface area (TPSA) is 134 Å². The molecule has 1 atom stereocenters. The van der Waals surface area contributed by atoms with Gasteiger partial charge in [0.1, 0.15) is 18.1 Å². The van der Waals surface area contributed by atoms with E-state index in [0.29, 0.717) is 33.8 Å². The Labute approximate surface area is 255 Å². The van der Waals surface area contributed by atoms with Gasteiger partial charge < -0.3 is 24.3 Å². The zero-order chi connectivity index (χ0) is 32.0. The number of carbonyl (C=O) groups excluding carboxylic acids is 3. The number of benzene rings is 3. The van der Waals surface area contributed by atoms with Crippen LogP contribution in [-0.2, 0) is 20.9 Å². The summed E-state index contributed by atoms with van der Waals surface area (Å²) in [6.45, 7) is 7.14. The van der Waals surface area contributed by atoms with Crippen molar-refractivity contribution in [1.29, 1.82) is 0 Å². The fourth-order valence-corrected chi connectivity index (χ4v) is 4.79. The number of para-hydroxylation sites is 1. The van der Waals surface area contributed by atoms with Gasteiger partial charge in [-0.25, -0.2) is 9.48 Å². The van der Waals surface area contributed by atoms with Crippen LogP contribution in [0.3, 0.4) is 0 Å². The molecule has 0 aliphatic carbocycles. The number of hydrogen-bond donors (Lipinski definition) is 1. The zero-order valence-electron chi connectivity index (χ0n) is 25.9. The van der Waals surface area contributed by atoms with Gasteiger partial charge >= 0.3 is 5.97 Å². The first-order valence-electron chi connectivity index (χ1n) is 14.0. The predicted molar refractivity (Wildman–Crippen MR) is 164 cm³/mol. The minimum Gasteiger partial charge on any atom is -0.493 e. The smallest absolute Gasteiger partial charge is 0.338 e. The maximum atomic E-state index is 14.4. The van der Waals surface area contributed by atoms with Gasteiger partial charge in [0, 0.05) is 11.2 Å². The summed E-state index contributed by atoms with van der Waals surface area (Å²) in [5.74, 6) is -0.622. The summed E-state index contributed by atoms with van der Waals surface area (Å²) in [7, 11) is 4.41. The molecule has 4 aromatic rings. The molecule has 0 fully saturated rings. The third kappa shape index (κ3) is 6.91. The molecule has 0 bridgehead atoms. The Morgan fingerprint density at radius 2 is 1.61 bits per heavy atom. The van der Waals surface area contributed by atoms with Gasteiger partial charge in [-0.15, -0.1) is 5.10 Å². The molecule has 0 radical (unpaired) electrons. The van der Waals surface area contributed by atoms with E-state index >= 15 is 0 Å². The second-order valence-electron chi connectivity index (χ2n) is 10.9. The molecule has 0 aliphatic heterocycles. The van der Waals surface area contributed by atoms with Crippen LogP contribution in [0.2, 0.25) is 0 Å². The molecular formula is C32H37N5O7. The van der Waals surface area contributed by atoms with Crippen molar-refractivity contribution in [3.63, 3.8) is 0 Å². The third-order valence-electron chi connectivity index (χ3n) is 6.62. The number of amides is 2. The number of ether oxygens (including phenoxy) is 4. The van der Waals surface area contributed by atoms with E-state index in [1.54, 1.807) is 49.4 Å². The van der Waals surface area contributed by atoms with Crippen molar-refractivity contribution in [3.8, 4) is 17.2 Å². The molecule has 1 aromatic heterocycles. The van der Waals surface area contributed by atoms with Crippen LogP contribution >= 0.6 is 0 Å². The van der Waals surface area contributed by atoms with Crippen LogP contribution in [-0.4, -0.2) is 66.3 Å². The first kappa shape index (κ1) is 31.8. The van der Waals surface area contributed by atoms with E-state index in [4.69, 9.17) is 18.9 Å². The highest BCUT2D eigenvalue weighted by atomic mass is 16.5. The van der Waals surface area contributed by atoms with E-state index in [2.05, 4.69) is 15.6 Å². The van der Waals surface area contributed by atoms with Crippen molar-refractivity contribution in [3.05, 3.63) is 71.8 Å². The van der Waals surface area contributed by atoms with Gasteiger partial charge in [0.2, 0.25) is 17.6 Å². The molecule has 4 rings (SSSR count). The molecule has 0 saturated carbocycles. The van der Waals surface area contributed by atoms with E-state index in [1.165, 1.54) is 37.0 Å². The molecular weight excluding hydrogens is 566 g/mol. The number of rotatable bonds is 11. The van der Waals surface area contributed by atoms with E-state index in [-0.39, 0.29) is 24.4 Å². The number of methoxy groups -OCH3 is 3. The van der Waals surface area contributed by atoms with Crippen molar-refractivity contribution >= 4 is 34.5 Å². The van der Waals surface area contributed by atoms with Crippen LogP contribution in [0.4, 0.5) is 5.69 Å². The number of esters is 1. The Morgan fingerprint density at radius 1 is 0.932 bits per heavy atom. The molecule has 0 spiro atoms. The highest BCUT2D eigenvalue weighted by Crippen LogP contribution is 2.42. The van der Waals surface area contributed by atoms with Gasteiger partial charge in [-0.3, -0.25) is 14.5 Å². The van der Waals surface area contributed by atoms with Gasteiger partial charge in [0.05, 0.1) is 39.0 Å². The largest absolute Gasteiger partial charge is 0.493 e. The summed E-state index contributed by atoms with van der Waals surface area (Å²) in [6, 6.07) is 15.6. The molecule has 3 aromatic carbocycles. The SMILES string of the molecule is CCOC(=O)c1cccc(N(C(=O)Cn2nnc3ccccc32)C(C(=O)NC(C)(C)C)c2cc(OC)c(OC)c(OC)c2)c1. The molecule has 2 amide bonds. The van der Waals surface area contributed by atoms with Crippen LogP contribution < -0.4 is 24.4 Å². The Morgan fingerprint density at radius 3 is 2.23 bits per heavy atom. The number of carbonyl (C=O) groups is 3. The molecule has 0 saturated heterocycles. The molecule has 12 nitrogen and oxygen atoms in total. The van der Waals surface area contributed by atoms with Crippen molar-refractivity contribution in [2.75, 3.05) is 32.8 Å². The summed E-state index contributed by atoms with van der Waals surface area (Å²) in [4.78, 5) is 42.7. The number of nitrogens with one attached hydrogen (secondary N) is 1. The molecule has 12 heteroatoms. The fourth-order valence-electron chi connectivity index (χ4n) is 4.79. The summed E-state index contributed by atoms with van der Waals surface area (Å²) in [5.41, 5.74) is 1.48. The lowest BCUT2D eigenvalue weighted by atomic mass is 9.99. The molecule has 0 aliphatic rings. The highest BCUT2D eigenvalue weighted by Gasteiger charge is 2.36. The van der Waals surface area contributed by atoms with Gasteiger partial charge in [0.15, 0.2) is 11.5 Å². The van der Waals surface area contributed by atoms with Crippen LogP contribution in [0, 0.1) is 0 Å². The monoisotopic (exact) mass is 603 g/mol. The maximum absolute atomic E-state index is 14.4. The summed E-state index contributed by atoms with van der Waals surface area (Å²) < 4.78 is 23.3. The molecule has 1 N–H and O–H groups in total. The predicted octanol–water partition coefficient (Wildman–Crippen LogP) is 4.32. The maximum Gasteiger partial charge on any atom is 0.338 e. The molecule has 1 unspecified atom stereocenters. The Bertz CT molecular complexity index is 1640. The van der Waals surface area contributed by atoms with Crippen molar-refractivity contribution in [2.24, 2.45) is 0 Å². The van der Waals surface area contributed by atoms with Crippen molar-refractivity contribution in [2.45, 2.75) is 45.8 Å². The lowest BCUT2D eigenvalue weighted by molar-refractivity contribution is -0.128. The summed E-state index contributed by atoms with van der Waals surface area (Å²) in [6.07, 6.45) is 0. The molecule has 1 heterocycles. The Hall–Kier alpha value is -5.13. The lowest BCUT2D eigenvalue weighted by Gasteiger charge is -2.34. The van der Waals surface area contributed by atoms with Crippen LogP contribution in [0.1, 0.15) is 49.7 Å². The number of nitrogens with zero attached hydrogens (tertiary/aromatic N) is 4. The number of aromatic nitrogens is 3. The second-order valence-corrected chi connectivity index (χ2v) is 10.9. The second kappa shape index (κ2) is 13.4. The van der Waals surface area contributed by atoms with Gasteiger partial charge in [-0.2, -0.15) is 0 Å². The average molecular weight is 604 g/mol. The molecule has 44 heavy (non-hydrogen) atoms. The van der Waals surface area contributed by atoms with Crippen molar-refractivity contribution < 1.29 is 33.3 Å². The van der Waals surface area contributed by atoms with E-state index in [9.17, 15) is 14.4 Å². The van der Waals surface area contributed by atoms with Crippen LogP contribution in [0.25, 0.3) is 11.0 Å². The van der Waals surface area contributed by atoms with Crippen LogP contribution in [0.5, 0.6) is 17.2 Å². The first-order valence-corrected chi connectivity index (χ1v) is 14.0. The van der Waals surface area contributed by atoms with Crippen LogP contribution in [0.15, 0.2) is 60.7 Å². The Balaban J connectivity index is 1.95. The minimum absolute atomic E-state index is 0.174. The van der Waals surface area contributed by atoms with Crippen molar-refractivity contribution in [1.82, 2.24) is 20.3 Å². The fraction of sp³-hybridized carbons (Fsp3) is 0.344. The lowest BCUT2D eigenvalue weighted by Crippen LogP contribution is -2.50. The molecule has 232 valence electrons. The van der Waals surface area contributed by atoms with E-state index in [1.807, 2.05) is 32.9 Å². The summed E-state index contributed by atoms with van der Waals surface area (Å²) in [5, 5.41) is 11.4. The van der Waals surface area contributed by atoms with E-state index in [0.717, 1.165) is 0 Å². The van der Waals surface area contributed by atoms with Gasteiger partial charge in [-0.1, -0.05) is 23.4 Å². The number of anilines is 1. The van der Waals surface area contributed by atoms with E-state index < -0.39 is 29.4 Å². The Kier molecular flexibility index (Phi) is 9.72. The minimum atomic E-state index is -1.25. The highest BCUT2D eigenvalue weighted by molar-refractivity contribution is 6.03. The van der Waals surface area contributed by atoms with Gasteiger partial charge in [0.25, 0.3) is 0 Å². The third-order valence-corrected chi connectivity index (χ3v) is 6.62. The average Bonchev–Trinajstić information content (AvgIpc) is 3.40. The quantitative estimate of drug-likeness (QED) is 0.249. The normalized spacial score (nSPS) is 11.9. The number of fused-ring (bicyclic) bond motifs is 1.